The van der Waals surface area contributed by atoms with E-state index in [-0.39, 0.29) is 0 Å². The molecule has 2 nitrogen and oxygen atoms in total. The van der Waals surface area contributed by atoms with Crippen LogP contribution in [0.3, 0.4) is 0 Å². The lowest BCUT2D eigenvalue weighted by atomic mass is 10.2. The Morgan fingerprint density at radius 1 is 1.57 bits per heavy atom. The molecule has 1 aromatic rings. The van der Waals surface area contributed by atoms with Gasteiger partial charge in [0, 0.05) is 11.8 Å². The van der Waals surface area contributed by atoms with Gasteiger partial charge in [0.1, 0.15) is 5.76 Å². The van der Waals surface area contributed by atoms with Crippen molar-refractivity contribution in [2.75, 3.05) is 12.3 Å². The molecule has 0 spiro atoms. The first-order valence-corrected chi connectivity index (χ1v) is 6.34. The van der Waals surface area contributed by atoms with Crippen LogP contribution < -0.4 is 5.32 Å². The van der Waals surface area contributed by atoms with Crippen LogP contribution in [0.2, 0.25) is 5.22 Å². The molecule has 1 aliphatic heterocycles. The van der Waals surface area contributed by atoms with E-state index >= 15 is 0 Å². The van der Waals surface area contributed by atoms with Crippen LogP contribution in [0, 0.1) is 0 Å². The first-order valence-electron chi connectivity index (χ1n) is 4.91. The van der Waals surface area contributed by atoms with Gasteiger partial charge in [0.2, 0.25) is 0 Å². The van der Waals surface area contributed by atoms with Gasteiger partial charge < -0.3 is 9.73 Å². The van der Waals surface area contributed by atoms with Gasteiger partial charge in [0.15, 0.2) is 5.22 Å². The highest BCUT2D eigenvalue weighted by Crippen LogP contribution is 2.25. The molecule has 2 heterocycles. The topological polar surface area (TPSA) is 25.2 Å². The molecule has 0 bridgehead atoms. The van der Waals surface area contributed by atoms with E-state index in [9.17, 15) is 0 Å². The number of furan rings is 1. The zero-order valence-corrected chi connectivity index (χ0v) is 9.53. The molecule has 1 saturated heterocycles. The summed E-state index contributed by atoms with van der Waals surface area (Å²) in [6.07, 6.45) is 2.71. The van der Waals surface area contributed by atoms with Crippen LogP contribution in [-0.2, 0) is 6.54 Å². The normalized spacial score (nSPS) is 21.6. The highest BCUT2D eigenvalue weighted by Gasteiger charge is 2.14. The summed E-state index contributed by atoms with van der Waals surface area (Å²) in [6, 6.07) is 3.69. The Kier molecular flexibility index (Phi) is 3.79. The van der Waals surface area contributed by atoms with Crippen LogP contribution in [0.15, 0.2) is 16.5 Å². The monoisotopic (exact) mass is 231 g/mol. The maximum absolute atomic E-state index is 5.67. The summed E-state index contributed by atoms with van der Waals surface area (Å²) >= 11 is 7.73. The fourth-order valence-corrected chi connectivity index (χ4v) is 3.01. The SMILES string of the molecule is Clc1ccc(CNCC2CCCS2)o1. The summed E-state index contributed by atoms with van der Waals surface area (Å²) in [5.74, 6) is 2.23. The predicted octanol–water partition coefficient (Wildman–Crippen LogP) is 2.92. The Labute approximate surface area is 93.4 Å². The number of hydrogen-bond donors (Lipinski definition) is 1. The van der Waals surface area contributed by atoms with Gasteiger partial charge in [-0.05, 0) is 42.3 Å². The van der Waals surface area contributed by atoms with E-state index < -0.39 is 0 Å². The van der Waals surface area contributed by atoms with Crippen LogP contribution >= 0.6 is 23.4 Å². The highest BCUT2D eigenvalue weighted by atomic mass is 35.5. The van der Waals surface area contributed by atoms with Crippen molar-refractivity contribution in [3.05, 3.63) is 23.1 Å². The molecule has 0 aliphatic carbocycles. The molecular weight excluding hydrogens is 218 g/mol. The van der Waals surface area contributed by atoms with Gasteiger partial charge in [-0.1, -0.05) is 0 Å². The molecule has 4 heteroatoms. The molecule has 2 rings (SSSR count). The van der Waals surface area contributed by atoms with Crippen LogP contribution in [0.4, 0.5) is 0 Å². The molecule has 1 unspecified atom stereocenters. The van der Waals surface area contributed by atoms with Crippen molar-refractivity contribution >= 4 is 23.4 Å². The molecule has 1 aliphatic rings. The average molecular weight is 232 g/mol. The van der Waals surface area contributed by atoms with Gasteiger partial charge in [0.25, 0.3) is 0 Å². The number of thioether (sulfide) groups is 1. The molecule has 14 heavy (non-hydrogen) atoms. The number of rotatable bonds is 4. The Morgan fingerprint density at radius 3 is 3.14 bits per heavy atom. The Bertz CT molecular complexity index is 283. The third-order valence-corrected chi connectivity index (χ3v) is 3.93. The summed E-state index contributed by atoms with van der Waals surface area (Å²) in [5, 5.41) is 4.65. The first kappa shape index (κ1) is 10.4. The number of halogens is 1. The second-order valence-electron chi connectivity index (χ2n) is 3.47. The molecule has 78 valence electrons. The molecule has 0 saturated carbocycles. The fourth-order valence-electron chi connectivity index (χ4n) is 1.61. The van der Waals surface area contributed by atoms with E-state index in [1.165, 1.54) is 18.6 Å². The zero-order chi connectivity index (χ0) is 9.80. The van der Waals surface area contributed by atoms with E-state index in [1.54, 1.807) is 6.07 Å². The Morgan fingerprint density at radius 2 is 2.50 bits per heavy atom. The molecule has 0 amide bonds. The minimum atomic E-state index is 0.469. The van der Waals surface area contributed by atoms with E-state index in [1.807, 2.05) is 6.07 Å². The number of hydrogen-bond acceptors (Lipinski definition) is 3. The summed E-state index contributed by atoms with van der Waals surface area (Å²) in [6.45, 7) is 1.85. The summed E-state index contributed by atoms with van der Waals surface area (Å²) in [7, 11) is 0. The van der Waals surface area contributed by atoms with E-state index in [0.29, 0.717) is 5.22 Å². The molecule has 1 fully saturated rings. The van der Waals surface area contributed by atoms with Crippen LogP contribution in [0.25, 0.3) is 0 Å². The van der Waals surface area contributed by atoms with Gasteiger partial charge in [0.05, 0.1) is 6.54 Å². The van der Waals surface area contributed by atoms with Crippen molar-refractivity contribution in [2.24, 2.45) is 0 Å². The van der Waals surface area contributed by atoms with Crippen LogP contribution in [-0.4, -0.2) is 17.5 Å². The quantitative estimate of drug-likeness (QED) is 0.863. The second kappa shape index (κ2) is 5.10. The van der Waals surface area contributed by atoms with Gasteiger partial charge in [-0.15, -0.1) is 0 Å². The zero-order valence-electron chi connectivity index (χ0n) is 7.96. The van der Waals surface area contributed by atoms with Crippen LogP contribution in [0.5, 0.6) is 0 Å². The van der Waals surface area contributed by atoms with Crippen molar-refractivity contribution in [3.8, 4) is 0 Å². The van der Waals surface area contributed by atoms with Crippen molar-refractivity contribution in [1.29, 1.82) is 0 Å². The van der Waals surface area contributed by atoms with Gasteiger partial charge in [-0.3, -0.25) is 0 Å². The number of nitrogens with one attached hydrogen (secondary N) is 1. The smallest absolute Gasteiger partial charge is 0.193 e. The van der Waals surface area contributed by atoms with E-state index in [4.69, 9.17) is 16.0 Å². The van der Waals surface area contributed by atoms with E-state index in [2.05, 4.69) is 17.1 Å². The van der Waals surface area contributed by atoms with Crippen LogP contribution in [0.1, 0.15) is 18.6 Å². The van der Waals surface area contributed by atoms with Crippen molar-refractivity contribution < 1.29 is 4.42 Å². The predicted molar refractivity (Wildman–Crippen MR) is 60.9 cm³/mol. The molecular formula is C10H14ClNOS. The lowest BCUT2D eigenvalue weighted by Gasteiger charge is -2.08. The first-order chi connectivity index (χ1) is 6.84. The lowest BCUT2D eigenvalue weighted by molar-refractivity contribution is 0.483. The van der Waals surface area contributed by atoms with Crippen molar-refractivity contribution in [1.82, 2.24) is 5.32 Å². The molecule has 0 radical (unpaired) electrons. The molecule has 0 aromatic carbocycles. The third kappa shape index (κ3) is 2.94. The van der Waals surface area contributed by atoms with Gasteiger partial charge in [-0.2, -0.15) is 11.8 Å². The highest BCUT2D eigenvalue weighted by molar-refractivity contribution is 8.00. The summed E-state index contributed by atoms with van der Waals surface area (Å²) in [5.41, 5.74) is 0. The minimum absolute atomic E-state index is 0.469. The Balaban J connectivity index is 1.67. The second-order valence-corrected chi connectivity index (χ2v) is 5.25. The third-order valence-electron chi connectivity index (χ3n) is 2.32. The van der Waals surface area contributed by atoms with Crippen molar-refractivity contribution in [2.45, 2.75) is 24.6 Å². The standard InChI is InChI=1S/C10H14ClNOS/c11-10-4-3-8(13-10)6-12-7-9-2-1-5-14-9/h3-4,9,12H,1-2,5-7H2. The summed E-state index contributed by atoms with van der Waals surface area (Å²) in [4.78, 5) is 0. The van der Waals surface area contributed by atoms with Gasteiger partial charge >= 0.3 is 0 Å². The molecule has 1 N–H and O–H groups in total. The maximum atomic E-state index is 5.67. The van der Waals surface area contributed by atoms with E-state index in [0.717, 1.165) is 24.1 Å². The van der Waals surface area contributed by atoms with Gasteiger partial charge in [-0.25, -0.2) is 0 Å². The lowest BCUT2D eigenvalue weighted by Crippen LogP contribution is -2.22. The average Bonchev–Trinajstić information content (AvgIpc) is 2.77. The maximum Gasteiger partial charge on any atom is 0.193 e. The molecule has 1 atom stereocenters. The summed E-state index contributed by atoms with van der Waals surface area (Å²) < 4.78 is 5.24. The minimum Gasteiger partial charge on any atom is -0.448 e. The largest absolute Gasteiger partial charge is 0.448 e. The Hall–Kier alpha value is -0.120. The fraction of sp³-hybridized carbons (Fsp3) is 0.600. The van der Waals surface area contributed by atoms with Crippen molar-refractivity contribution in [3.63, 3.8) is 0 Å². The molecule has 1 aromatic heterocycles.